The molecule has 5 heteroatoms. The van der Waals surface area contributed by atoms with E-state index in [9.17, 15) is 19.8 Å². The second-order valence-corrected chi connectivity index (χ2v) is 8.18. The summed E-state index contributed by atoms with van der Waals surface area (Å²) in [4.78, 5) is 23.3. The summed E-state index contributed by atoms with van der Waals surface area (Å²) in [5, 5.41) is 20.6. The maximum absolute atomic E-state index is 12.2. The van der Waals surface area contributed by atoms with Gasteiger partial charge in [-0.25, -0.2) is 0 Å². The van der Waals surface area contributed by atoms with E-state index in [2.05, 4.69) is 11.7 Å². The Balaban J connectivity index is 2.42. The van der Waals surface area contributed by atoms with Crippen LogP contribution in [-0.4, -0.2) is 40.8 Å². The third-order valence-corrected chi connectivity index (χ3v) is 5.59. The Kier molecular flexibility index (Phi) is 10.9. The predicted molar refractivity (Wildman–Crippen MR) is 106 cm³/mol. The largest absolute Gasteiger partial charge is 0.469 e. The van der Waals surface area contributed by atoms with Gasteiger partial charge in [0.2, 0.25) is 0 Å². The first kappa shape index (κ1) is 23.8. The van der Waals surface area contributed by atoms with Crippen LogP contribution in [0.1, 0.15) is 84.5 Å². The van der Waals surface area contributed by atoms with E-state index in [1.165, 1.54) is 7.11 Å². The number of esters is 1. The zero-order chi connectivity index (χ0) is 20.3. The molecule has 0 aromatic rings. The molecule has 0 heterocycles. The third kappa shape index (κ3) is 9.02. The van der Waals surface area contributed by atoms with Crippen LogP contribution in [0.4, 0.5) is 0 Å². The molecule has 4 atom stereocenters. The normalized spacial score (nSPS) is 25.1. The average molecular weight is 383 g/mol. The van der Waals surface area contributed by atoms with Crippen molar-refractivity contribution in [2.75, 3.05) is 7.11 Å². The average Bonchev–Trinajstić information content (AvgIpc) is 2.89. The summed E-state index contributed by atoms with van der Waals surface area (Å²) in [7, 11) is 1.40. The molecule has 1 aliphatic carbocycles. The van der Waals surface area contributed by atoms with Crippen molar-refractivity contribution in [3.05, 3.63) is 12.2 Å². The second-order valence-electron chi connectivity index (χ2n) is 8.18. The number of aliphatic hydroxyl groups is 2. The fourth-order valence-corrected chi connectivity index (χ4v) is 3.82. The van der Waals surface area contributed by atoms with Gasteiger partial charge in [-0.15, -0.1) is 0 Å². The van der Waals surface area contributed by atoms with Crippen LogP contribution in [0.15, 0.2) is 12.2 Å². The quantitative estimate of drug-likeness (QED) is 0.286. The minimum atomic E-state index is -0.727. The number of hydrogen-bond acceptors (Lipinski definition) is 5. The highest BCUT2D eigenvalue weighted by Crippen LogP contribution is 2.34. The first-order chi connectivity index (χ1) is 12.8. The molecule has 0 aliphatic heterocycles. The summed E-state index contributed by atoms with van der Waals surface area (Å²) < 4.78 is 4.62. The van der Waals surface area contributed by atoms with Crippen molar-refractivity contribution < 1.29 is 24.5 Å². The smallest absolute Gasteiger partial charge is 0.305 e. The van der Waals surface area contributed by atoms with E-state index < -0.39 is 11.7 Å². The van der Waals surface area contributed by atoms with Gasteiger partial charge in [0, 0.05) is 24.7 Å². The SMILES string of the molecule is CCCC[C@@](C)(O)C/C=C/C1C(O)CC(=O)C1CCCCCCC(=O)OC. The van der Waals surface area contributed by atoms with Crippen LogP contribution in [0.2, 0.25) is 0 Å². The molecule has 0 aromatic carbocycles. The highest BCUT2D eigenvalue weighted by Gasteiger charge is 2.39. The molecule has 0 aromatic heterocycles. The second kappa shape index (κ2) is 12.3. The summed E-state index contributed by atoms with van der Waals surface area (Å²) >= 11 is 0. The number of aliphatic hydroxyl groups excluding tert-OH is 1. The fraction of sp³-hybridized carbons (Fsp3) is 0.818. The standard InChI is InChI=1S/C22H38O5/c1-4-5-14-22(2,26)15-10-12-18-17(19(23)16-20(18)24)11-8-6-7-9-13-21(25)27-3/h10,12,17-18,20,24,26H,4-9,11,13-16H2,1-3H3/b12-10+/t17?,18?,20?,22-/m1/s1. The molecule has 0 amide bonds. The Morgan fingerprint density at radius 1 is 1.26 bits per heavy atom. The van der Waals surface area contributed by atoms with Crippen molar-refractivity contribution >= 4 is 11.8 Å². The lowest BCUT2D eigenvalue weighted by Crippen LogP contribution is -2.23. The van der Waals surface area contributed by atoms with Gasteiger partial charge in [-0.2, -0.15) is 0 Å². The zero-order valence-corrected chi connectivity index (χ0v) is 17.3. The number of carbonyl (C=O) groups excluding carboxylic acids is 2. The van der Waals surface area contributed by atoms with Crippen molar-refractivity contribution in [3.63, 3.8) is 0 Å². The summed E-state index contributed by atoms with van der Waals surface area (Å²) in [6, 6.07) is 0. The van der Waals surface area contributed by atoms with Crippen LogP contribution >= 0.6 is 0 Å². The lowest BCUT2D eigenvalue weighted by Gasteiger charge is -2.22. The maximum Gasteiger partial charge on any atom is 0.305 e. The summed E-state index contributed by atoms with van der Waals surface area (Å²) in [5.74, 6) is -0.305. The molecule has 0 saturated heterocycles. The van der Waals surface area contributed by atoms with E-state index >= 15 is 0 Å². The molecule has 2 N–H and O–H groups in total. The molecule has 0 bridgehead atoms. The van der Waals surface area contributed by atoms with E-state index in [1.54, 1.807) is 0 Å². The Bertz CT molecular complexity index is 483. The van der Waals surface area contributed by atoms with Crippen molar-refractivity contribution in [1.29, 1.82) is 0 Å². The molecule has 3 unspecified atom stereocenters. The summed E-state index contributed by atoms with van der Waals surface area (Å²) in [6.45, 7) is 3.95. The van der Waals surface area contributed by atoms with E-state index in [1.807, 2.05) is 19.1 Å². The van der Waals surface area contributed by atoms with Crippen LogP contribution in [-0.2, 0) is 14.3 Å². The molecule has 1 saturated carbocycles. The van der Waals surface area contributed by atoms with Gasteiger partial charge in [0.25, 0.3) is 0 Å². The third-order valence-electron chi connectivity index (χ3n) is 5.59. The van der Waals surface area contributed by atoms with Crippen LogP contribution < -0.4 is 0 Å². The van der Waals surface area contributed by atoms with Crippen LogP contribution in [0.25, 0.3) is 0 Å². The van der Waals surface area contributed by atoms with Gasteiger partial charge in [0.05, 0.1) is 18.8 Å². The highest BCUT2D eigenvalue weighted by molar-refractivity contribution is 5.84. The molecular weight excluding hydrogens is 344 g/mol. The van der Waals surface area contributed by atoms with E-state index in [-0.39, 0.29) is 30.0 Å². The van der Waals surface area contributed by atoms with E-state index in [0.29, 0.717) is 12.8 Å². The number of hydrogen-bond donors (Lipinski definition) is 2. The molecule has 5 nitrogen and oxygen atoms in total. The van der Waals surface area contributed by atoms with Gasteiger partial charge in [-0.05, 0) is 32.6 Å². The van der Waals surface area contributed by atoms with Gasteiger partial charge < -0.3 is 14.9 Å². The number of ketones is 1. The minimum absolute atomic E-state index is 0.127. The van der Waals surface area contributed by atoms with E-state index in [4.69, 9.17) is 0 Å². The highest BCUT2D eigenvalue weighted by atomic mass is 16.5. The van der Waals surface area contributed by atoms with E-state index in [0.717, 1.165) is 51.4 Å². The molecule has 1 fully saturated rings. The van der Waals surface area contributed by atoms with Crippen LogP contribution in [0.5, 0.6) is 0 Å². The Hall–Kier alpha value is -1.20. The predicted octanol–water partition coefficient (Wildman–Crippen LogP) is 3.95. The lowest BCUT2D eigenvalue weighted by atomic mass is 9.87. The van der Waals surface area contributed by atoms with Crippen molar-refractivity contribution in [3.8, 4) is 0 Å². The monoisotopic (exact) mass is 382 g/mol. The Morgan fingerprint density at radius 3 is 2.63 bits per heavy atom. The molecule has 0 radical (unpaired) electrons. The van der Waals surface area contributed by atoms with Crippen molar-refractivity contribution in [2.24, 2.45) is 11.8 Å². The van der Waals surface area contributed by atoms with Gasteiger partial charge in [0.15, 0.2) is 0 Å². The van der Waals surface area contributed by atoms with Gasteiger partial charge in [-0.1, -0.05) is 51.2 Å². The number of ether oxygens (including phenoxy) is 1. The topological polar surface area (TPSA) is 83.8 Å². The van der Waals surface area contributed by atoms with Gasteiger partial charge >= 0.3 is 5.97 Å². The Labute approximate surface area is 164 Å². The fourth-order valence-electron chi connectivity index (χ4n) is 3.82. The zero-order valence-electron chi connectivity index (χ0n) is 17.3. The molecule has 1 aliphatic rings. The maximum atomic E-state index is 12.2. The lowest BCUT2D eigenvalue weighted by molar-refractivity contribution is -0.140. The number of rotatable bonds is 13. The molecular formula is C22H38O5. The molecule has 27 heavy (non-hydrogen) atoms. The number of methoxy groups -OCH3 is 1. The Morgan fingerprint density at radius 2 is 1.96 bits per heavy atom. The molecule has 0 spiro atoms. The summed E-state index contributed by atoms with van der Waals surface area (Å²) in [5.41, 5.74) is -0.727. The van der Waals surface area contributed by atoms with Crippen molar-refractivity contribution in [1.82, 2.24) is 0 Å². The molecule has 156 valence electrons. The van der Waals surface area contributed by atoms with Gasteiger partial charge in [-0.3, -0.25) is 9.59 Å². The first-order valence-corrected chi connectivity index (χ1v) is 10.5. The minimum Gasteiger partial charge on any atom is -0.469 e. The first-order valence-electron chi connectivity index (χ1n) is 10.5. The van der Waals surface area contributed by atoms with Crippen LogP contribution in [0, 0.1) is 11.8 Å². The van der Waals surface area contributed by atoms with Gasteiger partial charge in [0.1, 0.15) is 5.78 Å². The summed E-state index contributed by atoms with van der Waals surface area (Å²) in [6.07, 6.45) is 11.7. The molecule has 1 rings (SSSR count). The number of Topliss-reactive ketones (excluding diaryl/α,β-unsaturated/α-hetero) is 1. The number of carbonyl (C=O) groups is 2. The number of unbranched alkanes of at least 4 members (excludes halogenated alkanes) is 4. The van der Waals surface area contributed by atoms with Crippen LogP contribution in [0.3, 0.4) is 0 Å². The van der Waals surface area contributed by atoms with Crippen molar-refractivity contribution in [2.45, 2.75) is 96.2 Å².